The molecule has 1 amide bonds. The van der Waals surface area contributed by atoms with Crippen LogP contribution in [-0.2, 0) is 6.54 Å². The molecule has 4 aromatic rings. The van der Waals surface area contributed by atoms with Crippen molar-refractivity contribution in [3.63, 3.8) is 0 Å². The predicted molar refractivity (Wildman–Crippen MR) is 97.2 cm³/mol. The molecular formula is C18H15N5OS. The van der Waals surface area contributed by atoms with Crippen molar-refractivity contribution in [2.24, 2.45) is 0 Å². The Bertz CT molecular complexity index is 956. The minimum absolute atomic E-state index is 0.163. The zero-order chi connectivity index (χ0) is 17.1. The standard InChI is InChI=1S/C18H15N5OS/c24-18(15-1-3-16(4-2-15)22-9-8-19-13-22)21-17-5-7-20-23(17)11-14-6-10-25-12-14/h1-10,12-13H,11H2,(H,21,24). The summed E-state index contributed by atoms with van der Waals surface area (Å²) < 4.78 is 3.66. The summed E-state index contributed by atoms with van der Waals surface area (Å²) in [7, 11) is 0. The third-order valence-corrected chi connectivity index (χ3v) is 4.53. The van der Waals surface area contributed by atoms with Gasteiger partial charge in [-0.05, 0) is 46.7 Å². The highest BCUT2D eigenvalue weighted by Crippen LogP contribution is 2.15. The first-order valence-corrected chi connectivity index (χ1v) is 8.66. The lowest BCUT2D eigenvalue weighted by Gasteiger charge is -2.09. The van der Waals surface area contributed by atoms with Crippen molar-refractivity contribution in [3.05, 3.63) is 83.2 Å². The minimum Gasteiger partial charge on any atom is -0.307 e. The van der Waals surface area contributed by atoms with Gasteiger partial charge in [0.15, 0.2) is 0 Å². The number of carbonyl (C=O) groups excluding carboxylic acids is 1. The number of carbonyl (C=O) groups is 1. The van der Waals surface area contributed by atoms with Crippen LogP contribution in [0.15, 0.2) is 72.1 Å². The molecule has 0 bridgehead atoms. The largest absolute Gasteiger partial charge is 0.307 e. The fraction of sp³-hybridized carbons (Fsp3) is 0.0556. The van der Waals surface area contributed by atoms with E-state index in [1.807, 2.05) is 34.3 Å². The molecule has 0 atom stereocenters. The summed E-state index contributed by atoms with van der Waals surface area (Å²) in [6, 6.07) is 11.2. The average molecular weight is 349 g/mol. The highest BCUT2D eigenvalue weighted by atomic mass is 32.1. The van der Waals surface area contributed by atoms with Gasteiger partial charge in [0.25, 0.3) is 5.91 Å². The van der Waals surface area contributed by atoms with Crippen LogP contribution in [0.3, 0.4) is 0 Å². The van der Waals surface area contributed by atoms with Crippen molar-refractivity contribution in [2.75, 3.05) is 5.32 Å². The van der Waals surface area contributed by atoms with Crippen molar-refractivity contribution in [1.29, 1.82) is 0 Å². The maximum absolute atomic E-state index is 12.5. The molecule has 0 fully saturated rings. The Morgan fingerprint density at radius 1 is 1.12 bits per heavy atom. The van der Waals surface area contributed by atoms with E-state index in [9.17, 15) is 4.79 Å². The van der Waals surface area contributed by atoms with Crippen LogP contribution in [-0.4, -0.2) is 25.2 Å². The van der Waals surface area contributed by atoms with Crippen LogP contribution in [0.25, 0.3) is 5.69 Å². The number of hydrogen-bond donors (Lipinski definition) is 1. The molecule has 7 heteroatoms. The summed E-state index contributed by atoms with van der Waals surface area (Å²) >= 11 is 1.64. The molecule has 3 heterocycles. The molecule has 4 rings (SSSR count). The molecule has 25 heavy (non-hydrogen) atoms. The number of imidazole rings is 1. The quantitative estimate of drug-likeness (QED) is 0.600. The molecule has 0 saturated carbocycles. The van der Waals surface area contributed by atoms with E-state index in [0.717, 1.165) is 11.3 Å². The van der Waals surface area contributed by atoms with Gasteiger partial charge >= 0.3 is 0 Å². The molecule has 124 valence electrons. The van der Waals surface area contributed by atoms with Crippen LogP contribution >= 0.6 is 11.3 Å². The van der Waals surface area contributed by atoms with E-state index in [-0.39, 0.29) is 5.91 Å². The van der Waals surface area contributed by atoms with Crippen molar-refractivity contribution < 1.29 is 4.79 Å². The van der Waals surface area contributed by atoms with Gasteiger partial charge < -0.3 is 9.88 Å². The fourth-order valence-corrected chi connectivity index (χ4v) is 3.17. The summed E-state index contributed by atoms with van der Waals surface area (Å²) in [5.74, 6) is 0.513. The molecule has 1 aromatic carbocycles. The van der Waals surface area contributed by atoms with Gasteiger partial charge in [0.05, 0.1) is 19.1 Å². The van der Waals surface area contributed by atoms with Gasteiger partial charge in [-0.15, -0.1) is 0 Å². The Morgan fingerprint density at radius 3 is 2.72 bits per heavy atom. The Hall–Kier alpha value is -3.19. The van der Waals surface area contributed by atoms with Crippen LogP contribution < -0.4 is 5.32 Å². The smallest absolute Gasteiger partial charge is 0.256 e. The molecule has 3 aromatic heterocycles. The average Bonchev–Trinajstić information content (AvgIpc) is 3.39. The van der Waals surface area contributed by atoms with Crippen molar-refractivity contribution in [2.45, 2.75) is 6.54 Å². The van der Waals surface area contributed by atoms with Gasteiger partial charge in [-0.3, -0.25) is 4.79 Å². The van der Waals surface area contributed by atoms with Crippen LogP contribution in [0.2, 0.25) is 0 Å². The van der Waals surface area contributed by atoms with E-state index >= 15 is 0 Å². The number of nitrogens with one attached hydrogen (secondary N) is 1. The van der Waals surface area contributed by atoms with Crippen LogP contribution in [0.1, 0.15) is 15.9 Å². The Kier molecular flexibility index (Phi) is 4.14. The number of hydrogen-bond acceptors (Lipinski definition) is 4. The first-order chi connectivity index (χ1) is 12.3. The molecule has 0 saturated heterocycles. The Labute approximate surface area is 148 Å². The fourth-order valence-electron chi connectivity index (χ4n) is 2.51. The van der Waals surface area contributed by atoms with E-state index in [4.69, 9.17) is 0 Å². The van der Waals surface area contributed by atoms with Gasteiger partial charge in [0.2, 0.25) is 0 Å². The zero-order valence-electron chi connectivity index (χ0n) is 13.2. The van der Waals surface area contributed by atoms with Crippen LogP contribution in [0, 0.1) is 0 Å². The lowest BCUT2D eigenvalue weighted by molar-refractivity contribution is 0.102. The van der Waals surface area contributed by atoms with E-state index in [1.165, 1.54) is 0 Å². The summed E-state index contributed by atoms with van der Waals surface area (Å²) in [6.45, 7) is 0.631. The molecule has 1 N–H and O–H groups in total. The van der Waals surface area contributed by atoms with Crippen LogP contribution in [0.4, 0.5) is 5.82 Å². The summed E-state index contributed by atoms with van der Waals surface area (Å²) in [6.07, 6.45) is 6.98. The molecule has 0 aliphatic rings. The third-order valence-electron chi connectivity index (χ3n) is 3.80. The molecule has 0 aliphatic carbocycles. The Morgan fingerprint density at radius 2 is 2.00 bits per heavy atom. The third kappa shape index (κ3) is 3.36. The number of aromatic nitrogens is 4. The Balaban J connectivity index is 1.48. The number of amides is 1. The second-order valence-corrected chi connectivity index (χ2v) is 6.26. The SMILES string of the molecule is O=C(Nc1ccnn1Cc1ccsc1)c1ccc(-n2ccnc2)cc1. The first kappa shape index (κ1) is 15.3. The maximum Gasteiger partial charge on any atom is 0.256 e. The molecular weight excluding hydrogens is 334 g/mol. The van der Waals surface area contributed by atoms with Crippen molar-refractivity contribution in [3.8, 4) is 5.69 Å². The number of nitrogens with zero attached hydrogens (tertiary/aromatic N) is 4. The normalized spacial score (nSPS) is 10.7. The van der Waals surface area contributed by atoms with E-state index in [1.54, 1.807) is 52.9 Å². The van der Waals surface area contributed by atoms with Gasteiger partial charge in [-0.2, -0.15) is 16.4 Å². The number of rotatable bonds is 5. The monoisotopic (exact) mass is 349 g/mol. The van der Waals surface area contributed by atoms with E-state index in [2.05, 4.69) is 20.8 Å². The van der Waals surface area contributed by atoms with Crippen molar-refractivity contribution in [1.82, 2.24) is 19.3 Å². The molecule has 0 radical (unpaired) electrons. The van der Waals surface area contributed by atoms with Gasteiger partial charge in [0, 0.05) is 29.7 Å². The minimum atomic E-state index is -0.163. The first-order valence-electron chi connectivity index (χ1n) is 7.72. The second-order valence-electron chi connectivity index (χ2n) is 5.48. The van der Waals surface area contributed by atoms with E-state index in [0.29, 0.717) is 17.9 Å². The van der Waals surface area contributed by atoms with E-state index < -0.39 is 0 Å². The molecule has 6 nitrogen and oxygen atoms in total. The topological polar surface area (TPSA) is 64.7 Å². The summed E-state index contributed by atoms with van der Waals surface area (Å²) in [4.78, 5) is 16.5. The number of anilines is 1. The summed E-state index contributed by atoms with van der Waals surface area (Å²) in [5, 5.41) is 11.3. The molecule has 0 aliphatic heterocycles. The van der Waals surface area contributed by atoms with Gasteiger partial charge in [0.1, 0.15) is 5.82 Å². The van der Waals surface area contributed by atoms with Crippen LogP contribution in [0.5, 0.6) is 0 Å². The predicted octanol–water partition coefficient (Wildman–Crippen LogP) is 3.43. The maximum atomic E-state index is 12.5. The van der Waals surface area contributed by atoms with Gasteiger partial charge in [-0.1, -0.05) is 0 Å². The lowest BCUT2D eigenvalue weighted by atomic mass is 10.2. The second kappa shape index (κ2) is 6.74. The summed E-state index contributed by atoms with van der Waals surface area (Å²) in [5.41, 5.74) is 2.71. The van der Waals surface area contributed by atoms with Gasteiger partial charge in [-0.25, -0.2) is 9.67 Å². The highest BCUT2D eigenvalue weighted by Gasteiger charge is 2.10. The number of benzene rings is 1. The number of thiophene rings is 1. The molecule has 0 spiro atoms. The zero-order valence-corrected chi connectivity index (χ0v) is 14.1. The highest BCUT2D eigenvalue weighted by molar-refractivity contribution is 7.07. The lowest BCUT2D eigenvalue weighted by Crippen LogP contribution is -2.16. The van der Waals surface area contributed by atoms with Crippen molar-refractivity contribution >= 4 is 23.1 Å². The molecule has 0 unspecified atom stereocenters.